The van der Waals surface area contributed by atoms with E-state index in [0.717, 1.165) is 17.9 Å². The summed E-state index contributed by atoms with van der Waals surface area (Å²) in [6.45, 7) is 2.96. The molecule has 0 aliphatic carbocycles. The summed E-state index contributed by atoms with van der Waals surface area (Å²) in [6, 6.07) is 8.04. The number of thioether (sulfide) groups is 1. The number of aliphatic hydroxyl groups excluding tert-OH is 1. The van der Waals surface area contributed by atoms with Gasteiger partial charge in [-0.15, -0.1) is 11.8 Å². The lowest BCUT2D eigenvalue weighted by atomic mass is 10.1. The van der Waals surface area contributed by atoms with E-state index in [1.54, 1.807) is 18.0 Å². The van der Waals surface area contributed by atoms with Crippen LogP contribution in [0.1, 0.15) is 24.4 Å². The van der Waals surface area contributed by atoms with Gasteiger partial charge in [0.25, 0.3) is 0 Å². The molecule has 3 nitrogen and oxygen atoms in total. The minimum atomic E-state index is -0.492. The van der Waals surface area contributed by atoms with Crippen molar-refractivity contribution < 1.29 is 5.11 Å². The Kier molecular flexibility index (Phi) is 4.44. The third-order valence-corrected chi connectivity index (χ3v) is 3.76. The number of nitrogens with zero attached hydrogens (tertiary/aromatic N) is 2. The molecule has 1 unspecified atom stereocenters. The Morgan fingerprint density at radius 3 is 2.67 bits per heavy atom. The van der Waals surface area contributed by atoms with E-state index < -0.39 is 6.10 Å². The molecule has 1 aromatic heterocycles. The molecule has 0 aliphatic heterocycles. The Bertz CT molecular complexity index is 493. The maximum absolute atomic E-state index is 10.2. The van der Waals surface area contributed by atoms with Crippen molar-refractivity contribution in [1.29, 1.82) is 0 Å². The maximum atomic E-state index is 10.2. The number of aliphatic hydroxyl groups is 1. The van der Waals surface area contributed by atoms with Gasteiger partial charge in [0.2, 0.25) is 0 Å². The second kappa shape index (κ2) is 6.07. The van der Waals surface area contributed by atoms with Crippen LogP contribution in [0.4, 0.5) is 0 Å². The summed E-state index contributed by atoms with van der Waals surface area (Å²) in [5.41, 5.74) is 0.943. The van der Waals surface area contributed by atoms with E-state index in [-0.39, 0.29) is 0 Å². The van der Waals surface area contributed by atoms with Crippen LogP contribution < -0.4 is 0 Å². The second-order valence-electron chi connectivity index (χ2n) is 4.12. The van der Waals surface area contributed by atoms with Crippen molar-refractivity contribution in [3.8, 4) is 0 Å². The van der Waals surface area contributed by atoms with Crippen LogP contribution in [0, 0.1) is 0 Å². The summed E-state index contributed by atoms with van der Waals surface area (Å²) < 4.78 is 2.06. The van der Waals surface area contributed by atoms with Crippen molar-refractivity contribution in [1.82, 2.24) is 9.55 Å². The summed E-state index contributed by atoms with van der Waals surface area (Å²) in [4.78, 5) is 5.49. The van der Waals surface area contributed by atoms with Gasteiger partial charge in [-0.1, -0.05) is 12.1 Å². The average Bonchev–Trinajstić information content (AvgIpc) is 2.86. The SMILES string of the molecule is CCn1ccnc1CC(O)c1ccc(SC)cc1. The summed E-state index contributed by atoms with van der Waals surface area (Å²) >= 11 is 1.70. The predicted octanol–water partition coefficient (Wildman–Crippen LogP) is 2.90. The highest BCUT2D eigenvalue weighted by molar-refractivity contribution is 7.98. The van der Waals surface area contributed by atoms with Crippen molar-refractivity contribution in [2.75, 3.05) is 6.26 Å². The van der Waals surface area contributed by atoms with E-state index in [9.17, 15) is 5.11 Å². The lowest BCUT2D eigenvalue weighted by Gasteiger charge is -2.12. The smallest absolute Gasteiger partial charge is 0.111 e. The Balaban J connectivity index is 2.09. The van der Waals surface area contributed by atoms with Gasteiger partial charge in [0.1, 0.15) is 5.82 Å². The van der Waals surface area contributed by atoms with Crippen LogP contribution in [0.2, 0.25) is 0 Å². The molecule has 4 heteroatoms. The molecule has 0 aliphatic rings. The number of aromatic nitrogens is 2. The number of imidazole rings is 1. The molecule has 1 N–H and O–H groups in total. The summed E-state index contributed by atoms with van der Waals surface area (Å²) in [5, 5.41) is 10.2. The molecule has 1 heterocycles. The van der Waals surface area contributed by atoms with E-state index in [2.05, 4.69) is 16.5 Å². The largest absolute Gasteiger partial charge is 0.388 e. The molecule has 0 saturated carbocycles. The monoisotopic (exact) mass is 262 g/mol. The number of hydrogen-bond donors (Lipinski definition) is 1. The fourth-order valence-corrected chi connectivity index (χ4v) is 2.34. The molecular weight excluding hydrogens is 244 g/mol. The molecule has 96 valence electrons. The number of rotatable bonds is 5. The zero-order chi connectivity index (χ0) is 13.0. The van der Waals surface area contributed by atoms with Gasteiger partial charge >= 0.3 is 0 Å². The lowest BCUT2D eigenvalue weighted by Crippen LogP contribution is -2.08. The average molecular weight is 262 g/mol. The number of hydrogen-bond acceptors (Lipinski definition) is 3. The zero-order valence-corrected chi connectivity index (χ0v) is 11.5. The highest BCUT2D eigenvalue weighted by atomic mass is 32.2. The predicted molar refractivity (Wildman–Crippen MR) is 74.8 cm³/mol. The van der Waals surface area contributed by atoms with Gasteiger partial charge in [-0.3, -0.25) is 0 Å². The molecule has 1 aromatic carbocycles. The molecule has 0 saturated heterocycles. The van der Waals surface area contributed by atoms with Gasteiger partial charge in [-0.25, -0.2) is 4.98 Å². The molecule has 1 atom stereocenters. The van der Waals surface area contributed by atoms with Gasteiger partial charge in [0.15, 0.2) is 0 Å². The summed E-state index contributed by atoms with van der Waals surface area (Å²) in [6.07, 6.45) is 5.83. The van der Waals surface area contributed by atoms with E-state index in [0.29, 0.717) is 6.42 Å². The Labute approximate surface area is 112 Å². The topological polar surface area (TPSA) is 38.0 Å². The first-order valence-electron chi connectivity index (χ1n) is 6.06. The fourth-order valence-electron chi connectivity index (χ4n) is 1.93. The van der Waals surface area contributed by atoms with Crippen LogP contribution in [0.15, 0.2) is 41.6 Å². The standard InChI is InChI=1S/C14H18N2OS/c1-3-16-9-8-15-14(16)10-13(17)11-4-6-12(18-2)7-5-11/h4-9,13,17H,3,10H2,1-2H3. The van der Waals surface area contributed by atoms with E-state index in [1.807, 2.05) is 36.7 Å². The zero-order valence-electron chi connectivity index (χ0n) is 10.7. The minimum Gasteiger partial charge on any atom is -0.388 e. The maximum Gasteiger partial charge on any atom is 0.111 e. The van der Waals surface area contributed by atoms with Gasteiger partial charge in [-0.2, -0.15) is 0 Å². The van der Waals surface area contributed by atoms with E-state index in [4.69, 9.17) is 0 Å². The number of benzene rings is 1. The third-order valence-electron chi connectivity index (χ3n) is 3.02. The Hall–Kier alpha value is -1.26. The number of aryl methyl sites for hydroxylation is 1. The Morgan fingerprint density at radius 1 is 1.33 bits per heavy atom. The van der Waals surface area contributed by atoms with Crippen LogP contribution in [0.5, 0.6) is 0 Å². The van der Waals surface area contributed by atoms with Crippen molar-refractivity contribution in [2.24, 2.45) is 0 Å². The van der Waals surface area contributed by atoms with Gasteiger partial charge in [-0.05, 0) is 30.9 Å². The molecule has 0 spiro atoms. The van der Waals surface area contributed by atoms with Crippen molar-refractivity contribution in [3.05, 3.63) is 48.0 Å². The Morgan fingerprint density at radius 2 is 2.06 bits per heavy atom. The molecular formula is C14H18N2OS. The summed E-state index contributed by atoms with van der Waals surface area (Å²) in [7, 11) is 0. The van der Waals surface area contributed by atoms with Gasteiger partial charge in [0.05, 0.1) is 6.10 Å². The molecule has 0 bridgehead atoms. The van der Waals surface area contributed by atoms with E-state index in [1.165, 1.54) is 4.90 Å². The molecule has 0 fully saturated rings. The quantitative estimate of drug-likeness (QED) is 0.842. The first-order chi connectivity index (χ1) is 8.74. The van der Waals surface area contributed by atoms with Crippen LogP contribution in [0.25, 0.3) is 0 Å². The molecule has 0 amide bonds. The molecule has 0 radical (unpaired) electrons. The first kappa shape index (κ1) is 13.2. The fraction of sp³-hybridized carbons (Fsp3) is 0.357. The van der Waals surface area contributed by atoms with Crippen molar-refractivity contribution in [3.63, 3.8) is 0 Å². The second-order valence-corrected chi connectivity index (χ2v) is 5.00. The first-order valence-corrected chi connectivity index (χ1v) is 7.29. The van der Waals surface area contributed by atoms with E-state index >= 15 is 0 Å². The van der Waals surface area contributed by atoms with Crippen molar-refractivity contribution in [2.45, 2.75) is 30.9 Å². The normalized spacial score (nSPS) is 12.6. The van der Waals surface area contributed by atoms with Crippen LogP contribution in [-0.4, -0.2) is 20.9 Å². The highest BCUT2D eigenvalue weighted by Crippen LogP contribution is 2.21. The third kappa shape index (κ3) is 2.94. The molecule has 2 rings (SSSR count). The molecule has 2 aromatic rings. The molecule has 18 heavy (non-hydrogen) atoms. The van der Waals surface area contributed by atoms with Crippen LogP contribution in [-0.2, 0) is 13.0 Å². The van der Waals surface area contributed by atoms with Crippen LogP contribution >= 0.6 is 11.8 Å². The van der Waals surface area contributed by atoms with Gasteiger partial charge < -0.3 is 9.67 Å². The van der Waals surface area contributed by atoms with Gasteiger partial charge in [0, 0.05) is 30.3 Å². The van der Waals surface area contributed by atoms with Crippen molar-refractivity contribution >= 4 is 11.8 Å². The summed E-state index contributed by atoms with van der Waals surface area (Å²) in [5.74, 6) is 0.930. The minimum absolute atomic E-state index is 0.492. The highest BCUT2D eigenvalue weighted by Gasteiger charge is 2.11. The van der Waals surface area contributed by atoms with Crippen LogP contribution in [0.3, 0.4) is 0 Å². The lowest BCUT2D eigenvalue weighted by molar-refractivity contribution is 0.174.